The summed E-state index contributed by atoms with van der Waals surface area (Å²) in [5.41, 5.74) is 2.61. The molecule has 2 rings (SSSR count). The Morgan fingerprint density at radius 2 is 2.17 bits per heavy atom. The molecular formula is C15H25N3. The fourth-order valence-corrected chi connectivity index (χ4v) is 2.89. The molecule has 0 N–H and O–H groups in total. The van der Waals surface area contributed by atoms with Gasteiger partial charge in [0, 0.05) is 25.8 Å². The number of likely N-dealkylation sites (tertiary alicyclic amines) is 1. The number of pyridine rings is 1. The Hall–Kier alpha value is -1.09. The first-order chi connectivity index (χ1) is 8.63. The summed E-state index contributed by atoms with van der Waals surface area (Å²) in [5, 5.41) is 0. The molecular weight excluding hydrogens is 222 g/mol. The summed E-state index contributed by atoms with van der Waals surface area (Å²) in [7, 11) is 4.08. The van der Waals surface area contributed by atoms with E-state index in [1.54, 1.807) is 0 Å². The molecule has 1 unspecified atom stereocenters. The van der Waals surface area contributed by atoms with Crippen LogP contribution in [0.5, 0.6) is 0 Å². The van der Waals surface area contributed by atoms with E-state index in [0.29, 0.717) is 6.04 Å². The van der Waals surface area contributed by atoms with E-state index in [9.17, 15) is 0 Å². The molecule has 1 aromatic rings. The second kappa shape index (κ2) is 5.70. The second-order valence-electron chi connectivity index (χ2n) is 5.43. The summed E-state index contributed by atoms with van der Waals surface area (Å²) in [5.74, 6) is 1.05. The van der Waals surface area contributed by atoms with Gasteiger partial charge in [0.15, 0.2) is 0 Å². The van der Waals surface area contributed by atoms with E-state index in [2.05, 4.69) is 35.8 Å². The molecule has 0 aromatic carbocycles. The maximum atomic E-state index is 4.71. The Bertz CT molecular complexity index is 401. The van der Waals surface area contributed by atoms with Crippen LogP contribution in [-0.2, 0) is 0 Å². The summed E-state index contributed by atoms with van der Waals surface area (Å²) < 4.78 is 0. The first-order valence-corrected chi connectivity index (χ1v) is 7.02. The van der Waals surface area contributed by atoms with Gasteiger partial charge < -0.3 is 4.90 Å². The molecule has 1 aliphatic rings. The molecule has 0 aliphatic carbocycles. The fraction of sp³-hybridized carbons (Fsp3) is 0.667. The van der Waals surface area contributed by atoms with Crippen molar-refractivity contribution < 1.29 is 0 Å². The summed E-state index contributed by atoms with van der Waals surface area (Å²) in [6.45, 7) is 6.85. The topological polar surface area (TPSA) is 19.4 Å². The number of anilines is 1. The van der Waals surface area contributed by atoms with Gasteiger partial charge >= 0.3 is 0 Å². The third-order valence-electron chi connectivity index (χ3n) is 3.80. The lowest BCUT2D eigenvalue weighted by Crippen LogP contribution is -2.25. The maximum absolute atomic E-state index is 4.71. The molecule has 0 amide bonds. The van der Waals surface area contributed by atoms with Gasteiger partial charge in [0.25, 0.3) is 0 Å². The van der Waals surface area contributed by atoms with Crippen LogP contribution in [0, 0.1) is 6.92 Å². The number of aromatic nitrogens is 1. The lowest BCUT2D eigenvalue weighted by Gasteiger charge is -2.26. The summed E-state index contributed by atoms with van der Waals surface area (Å²) in [6.07, 6.45) is 3.84. The Morgan fingerprint density at radius 1 is 1.39 bits per heavy atom. The van der Waals surface area contributed by atoms with Gasteiger partial charge in [0.1, 0.15) is 5.82 Å². The van der Waals surface area contributed by atoms with Gasteiger partial charge in [-0.2, -0.15) is 0 Å². The first kappa shape index (κ1) is 13.3. The summed E-state index contributed by atoms with van der Waals surface area (Å²) >= 11 is 0. The second-order valence-corrected chi connectivity index (χ2v) is 5.43. The van der Waals surface area contributed by atoms with Gasteiger partial charge in [-0.3, -0.25) is 4.90 Å². The van der Waals surface area contributed by atoms with Crippen molar-refractivity contribution in [3.05, 3.63) is 23.4 Å². The van der Waals surface area contributed by atoms with Crippen molar-refractivity contribution in [2.24, 2.45) is 0 Å². The number of aryl methyl sites for hydroxylation is 1. The number of hydrogen-bond donors (Lipinski definition) is 0. The maximum Gasteiger partial charge on any atom is 0.128 e. The van der Waals surface area contributed by atoms with E-state index in [0.717, 1.165) is 5.82 Å². The standard InChI is InChI=1S/C15H25N3/c1-5-10-18-11-6-7-14(18)13-8-9-15(17(3)4)16-12(13)2/h8-9,14H,5-7,10-11H2,1-4H3. The van der Waals surface area contributed by atoms with E-state index >= 15 is 0 Å². The van der Waals surface area contributed by atoms with E-state index in [1.807, 2.05) is 14.1 Å². The summed E-state index contributed by atoms with van der Waals surface area (Å²) in [4.78, 5) is 9.39. The van der Waals surface area contributed by atoms with Crippen molar-refractivity contribution in [1.29, 1.82) is 0 Å². The highest BCUT2D eigenvalue weighted by Gasteiger charge is 2.26. The number of hydrogen-bond acceptors (Lipinski definition) is 3. The van der Waals surface area contributed by atoms with Crippen LogP contribution in [0.25, 0.3) is 0 Å². The van der Waals surface area contributed by atoms with Gasteiger partial charge in [-0.1, -0.05) is 13.0 Å². The lowest BCUT2D eigenvalue weighted by atomic mass is 10.0. The van der Waals surface area contributed by atoms with Crippen LogP contribution in [0.2, 0.25) is 0 Å². The largest absolute Gasteiger partial charge is 0.363 e. The van der Waals surface area contributed by atoms with Crippen molar-refractivity contribution in [3.8, 4) is 0 Å². The quantitative estimate of drug-likeness (QED) is 0.815. The third kappa shape index (κ3) is 2.66. The van der Waals surface area contributed by atoms with Gasteiger partial charge in [0.05, 0.1) is 0 Å². The molecule has 2 heterocycles. The average molecular weight is 247 g/mol. The number of nitrogens with zero attached hydrogens (tertiary/aromatic N) is 3. The fourth-order valence-electron chi connectivity index (χ4n) is 2.89. The Morgan fingerprint density at radius 3 is 2.78 bits per heavy atom. The Labute approximate surface area is 111 Å². The highest BCUT2D eigenvalue weighted by atomic mass is 15.2. The van der Waals surface area contributed by atoms with E-state index in [-0.39, 0.29) is 0 Å². The predicted molar refractivity (Wildman–Crippen MR) is 77.1 cm³/mol. The van der Waals surface area contributed by atoms with Crippen molar-refractivity contribution in [3.63, 3.8) is 0 Å². The van der Waals surface area contributed by atoms with Gasteiger partial charge in [0.2, 0.25) is 0 Å². The molecule has 18 heavy (non-hydrogen) atoms. The zero-order valence-corrected chi connectivity index (χ0v) is 12.1. The minimum absolute atomic E-state index is 0.591. The van der Waals surface area contributed by atoms with Crippen LogP contribution in [0.15, 0.2) is 12.1 Å². The molecule has 100 valence electrons. The highest BCUT2D eigenvalue weighted by molar-refractivity contribution is 5.41. The van der Waals surface area contributed by atoms with Crippen LogP contribution < -0.4 is 4.90 Å². The Balaban J connectivity index is 2.22. The normalized spacial score (nSPS) is 20.3. The van der Waals surface area contributed by atoms with Gasteiger partial charge in [-0.15, -0.1) is 0 Å². The van der Waals surface area contributed by atoms with E-state index in [1.165, 1.54) is 43.6 Å². The van der Waals surface area contributed by atoms with Gasteiger partial charge in [-0.05, 0) is 50.9 Å². The minimum atomic E-state index is 0.591. The SMILES string of the molecule is CCCN1CCCC1c1ccc(N(C)C)nc1C. The molecule has 1 aromatic heterocycles. The van der Waals surface area contributed by atoms with E-state index < -0.39 is 0 Å². The first-order valence-electron chi connectivity index (χ1n) is 7.02. The van der Waals surface area contributed by atoms with Crippen molar-refractivity contribution in [2.45, 2.75) is 39.2 Å². The molecule has 1 saturated heterocycles. The molecule has 0 bridgehead atoms. The van der Waals surface area contributed by atoms with Crippen LogP contribution >= 0.6 is 0 Å². The number of rotatable bonds is 4. The predicted octanol–water partition coefficient (Wildman–Crippen LogP) is 3.00. The molecule has 0 saturated carbocycles. The van der Waals surface area contributed by atoms with Crippen LogP contribution in [0.3, 0.4) is 0 Å². The average Bonchev–Trinajstić information content (AvgIpc) is 2.77. The summed E-state index contributed by atoms with van der Waals surface area (Å²) in [6, 6.07) is 5.01. The monoisotopic (exact) mass is 247 g/mol. The Kier molecular flexibility index (Phi) is 4.23. The van der Waals surface area contributed by atoms with Crippen LogP contribution in [-0.4, -0.2) is 37.1 Å². The molecule has 0 radical (unpaired) electrons. The molecule has 3 heteroatoms. The van der Waals surface area contributed by atoms with Crippen LogP contribution in [0.4, 0.5) is 5.82 Å². The highest BCUT2D eigenvalue weighted by Crippen LogP contribution is 2.33. The zero-order chi connectivity index (χ0) is 13.1. The third-order valence-corrected chi connectivity index (χ3v) is 3.80. The van der Waals surface area contributed by atoms with Crippen LogP contribution in [0.1, 0.15) is 43.5 Å². The minimum Gasteiger partial charge on any atom is -0.363 e. The van der Waals surface area contributed by atoms with Crippen molar-refractivity contribution in [2.75, 3.05) is 32.1 Å². The molecule has 1 aliphatic heterocycles. The molecule has 1 fully saturated rings. The molecule has 3 nitrogen and oxygen atoms in total. The molecule has 0 spiro atoms. The molecule has 1 atom stereocenters. The lowest BCUT2D eigenvalue weighted by molar-refractivity contribution is 0.257. The van der Waals surface area contributed by atoms with E-state index in [4.69, 9.17) is 4.98 Å². The van der Waals surface area contributed by atoms with Gasteiger partial charge in [-0.25, -0.2) is 4.98 Å². The smallest absolute Gasteiger partial charge is 0.128 e. The zero-order valence-electron chi connectivity index (χ0n) is 12.1. The van der Waals surface area contributed by atoms with Crippen molar-refractivity contribution >= 4 is 5.82 Å². The van der Waals surface area contributed by atoms with Crippen molar-refractivity contribution in [1.82, 2.24) is 9.88 Å².